The van der Waals surface area contributed by atoms with E-state index in [2.05, 4.69) is 178 Å². The van der Waals surface area contributed by atoms with Crippen LogP contribution >= 0.6 is 0 Å². The Morgan fingerprint density at radius 3 is 1.49 bits per heavy atom. The minimum Gasteiger partial charge on any atom is -0.208 e. The second-order valence-electron chi connectivity index (χ2n) is 14.1. The molecule has 8 aromatic carbocycles. The molecule has 51 heavy (non-hydrogen) atoms. The first kappa shape index (κ1) is 29.5. The van der Waals surface area contributed by atoms with Crippen LogP contribution in [-0.2, 0) is 5.41 Å². The summed E-state index contributed by atoms with van der Waals surface area (Å²) in [5, 5.41) is 6.95. The van der Waals surface area contributed by atoms with Crippen molar-refractivity contribution in [1.82, 2.24) is 15.0 Å². The smallest absolute Gasteiger partial charge is 0.164 e. The van der Waals surface area contributed by atoms with Gasteiger partial charge in [-0.05, 0) is 83.9 Å². The van der Waals surface area contributed by atoms with Gasteiger partial charge in [-0.3, -0.25) is 0 Å². The van der Waals surface area contributed by atoms with Gasteiger partial charge in [-0.1, -0.05) is 159 Å². The van der Waals surface area contributed by atoms with E-state index in [4.69, 9.17) is 15.0 Å². The largest absolute Gasteiger partial charge is 0.208 e. The van der Waals surface area contributed by atoms with Crippen LogP contribution < -0.4 is 0 Å². The van der Waals surface area contributed by atoms with Crippen molar-refractivity contribution in [1.29, 1.82) is 0 Å². The summed E-state index contributed by atoms with van der Waals surface area (Å²) in [5.41, 5.74) is 10.7. The fourth-order valence-electron chi connectivity index (χ4n) is 8.06. The molecule has 10 rings (SSSR count). The molecule has 0 radical (unpaired) electrons. The van der Waals surface area contributed by atoms with Gasteiger partial charge in [0.1, 0.15) is 0 Å². The first-order chi connectivity index (χ1) is 25.0. The maximum absolute atomic E-state index is 5.19. The molecule has 0 bridgehead atoms. The average molecular weight is 652 g/mol. The Morgan fingerprint density at radius 1 is 0.333 bits per heavy atom. The second-order valence-corrected chi connectivity index (χ2v) is 14.1. The van der Waals surface area contributed by atoms with Crippen molar-refractivity contribution in [3.8, 4) is 56.4 Å². The molecule has 1 heterocycles. The van der Waals surface area contributed by atoms with Crippen LogP contribution in [-0.4, -0.2) is 15.0 Å². The lowest BCUT2D eigenvalue weighted by Gasteiger charge is -2.21. The molecule has 3 nitrogen and oxygen atoms in total. The Hall–Kier alpha value is -6.45. The lowest BCUT2D eigenvalue weighted by molar-refractivity contribution is 0.660. The monoisotopic (exact) mass is 651 g/mol. The van der Waals surface area contributed by atoms with Crippen molar-refractivity contribution in [2.75, 3.05) is 0 Å². The fourth-order valence-corrected chi connectivity index (χ4v) is 8.06. The van der Waals surface area contributed by atoms with E-state index in [1.165, 1.54) is 49.5 Å². The number of hydrogen-bond acceptors (Lipinski definition) is 3. The first-order valence-corrected chi connectivity index (χ1v) is 17.5. The van der Waals surface area contributed by atoms with Crippen LogP contribution in [0.3, 0.4) is 0 Å². The van der Waals surface area contributed by atoms with Crippen molar-refractivity contribution in [2.45, 2.75) is 19.3 Å². The SMILES string of the molecule is CC1(C)c2ccccc2-c2cc(-c3cccc4c(-c5nc(-c6ccc7ccccc7c6)nc(-c6ccc7ccccc7c6)n5)cccc34)ccc21. The predicted molar refractivity (Wildman–Crippen MR) is 212 cm³/mol. The van der Waals surface area contributed by atoms with E-state index in [9.17, 15) is 0 Å². The summed E-state index contributed by atoms with van der Waals surface area (Å²) in [6.07, 6.45) is 0. The molecule has 0 atom stereocenters. The molecule has 0 N–H and O–H groups in total. The van der Waals surface area contributed by atoms with Crippen LogP contribution in [0, 0.1) is 0 Å². The number of hydrogen-bond donors (Lipinski definition) is 0. The van der Waals surface area contributed by atoms with Crippen LogP contribution in [0.2, 0.25) is 0 Å². The topological polar surface area (TPSA) is 38.7 Å². The molecule has 0 saturated carbocycles. The van der Waals surface area contributed by atoms with Crippen LogP contribution in [0.4, 0.5) is 0 Å². The van der Waals surface area contributed by atoms with Gasteiger partial charge in [0.05, 0.1) is 0 Å². The zero-order valence-corrected chi connectivity index (χ0v) is 28.4. The molecular weight excluding hydrogens is 619 g/mol. The number of rotatable bonds is 4. The molecule has 240 valence electrons. The third-order valence-corrected chi connectivity index (χ3v) is 10.7. The molecule has 0 amide bonds. The molecule has 0 unspecified atom stereocenters. The lowest BCUT2D eigenvalue weighted by atomic mass is 9.82. The molecule has 1 aliphatic carbocycles. The van der Waals surface area contributed by atoms with E-state index in [0.717, 1.165) is 32.8 Å². The Kier molecular flexibility index (Phi) is 6.53. The molecular formula is C48H33N3. The van der Waals surface area contributed by atoms with E-state index in [-0.39, 0.29) is 5.41 Å². The molecule has 0 spiro atoms. The van der Waals surface area contributed by atoms with Crippen molar-refractivity contribution in [3.63, 3.8) is 0 Å². The first-order valence-electron chi connectivity index (χ1n) is 17.5. The van der Waals surface area contributed by atoms with Gasteiger partial charge < -0.3 is 0 Å². The normalized spacial score (nSPS) is 13.1. The summed E-state index contributed by atoms with van der Waals surface area (Å²) in [6.45, 7) is 4.66. The predicted octanol–water partition coefficient (Wildman–Crippen LogP) is 12.3. The minimum absolute atomic E-state index is 0.0272. The quantitative estimate of drug-likeness (QED) is 0.190. The second kappa shape index (κ2) is 11.3. The maximum Gasteiger partial charge on any atom is 0.164 e. The zero-order chi connectivity index (χ0) is 34.1. The van der Waals surface area contributed by atoms with Gasteiger partial charge in [-0.25, -0.2) is 15.0 Å². The summed E-state index contributed by atoms with van der Waals surface area (Å²) in [7, 11) is 0. The summed E-state index contributed by atoms with van der Waals surface area (Å²) >= 11 is 0. The summed E-state index contributed by atoms with van der Waals surface area (Å²) < 4.78 is 0. The van der Waals surface area contributed by atoms with Crippen molar-refractivity contribution < 1.29 is 0 Å². The van der Waals surface area contributed by atoms with Crippen molar-refractivity contribution >= 4 is 32.3 Å². The highest BCUT2D eigenvalue weighted by molar-refractivity contribution is 6.04. The van der Waals surface area contributed by atoms with E-state index < -0.39 is 0 Å². The van der Waals surface area contributed by atoms with E-state index >= 15 is 0 Å². The lowest BCUT2D eigenvalue weighted by Crippen LogP contribution is -2.14. The fraction of sp³-hybridized carbons (Fsp3) is 0.0625. The molecule has 0 fully saturated rings. The van der Waals surface area contributed by atoms with Gasteiger partial charge in [0.25, 0.3) is 0 Å². The Bertz CT molecular complexity index is 2750. The van der Waals surface area contributed by atoms with Crippen LogP contribution in [0.1, 0.15) is 25.0 Å². The van der Waals surface area contributed by atoms with Gasteiger partial charge in [-0.2, -0.15) is 0 Å². The summed E-state index contributed by atoms with van der Waals surface area (Å²) in [4.78, 5) is 15.5. The van der Waals surface area contributed by atoms with E-state index in [1.54, 1.807) is 0 Å². The molecule has 1 aliphatic rings. The maximum atomic E-state index is 5.19. The van der Waals surface area contributed by atoms with Crippen LogP contribution in [0.25, 0.3) is 88.7 Å². The molecule has 0 aliphatic heterocycles. The number of aromatic nitrogens is 3. The Labute approximate surface area is 297 Å². The number of fused-ring (bicyclic) bond motifs is 6. The molecule has 1 aromatic heterocycles. The highest BCUT2D eigenvalue weighted by Gasteiger charge is 2.35. The van der Waals surface area contributed by atoms with Crippen LogP contribution in [0.5, 0.6) is 0 Å². The third-order valence-electron chi connectivity index (χ3n) is 10.7. The number of benzene rings is 8. The standard InChI is InChI=1S/C48H33N3/c1-48(2)43-20-8-7-15-40(43)42-29-34(25-26-44(42)48)37-16-9-18-39-38(37)17-10-19-41(39)47-50-45(35-23-21-30-11-3-5-13-32(30)27-35)49-46(51-47)36-24-22-31-12-4-6-14-33(31)28-36/h3-29H,1-2H3. The third kappa shape index (κ3) is 4.77. The van der Waals surface area contributed by atoms with Gasteiger partial charge in [0.2, 0.25) is 0 Å². The summed E-state index contributed by atoms with van der Waals surface area (Å²) in [6, 6.07) is 58.5. The van der Waals surface area contributed by atoms with E-state index in [0.29, 0.717) is 17.5 Å². The average Bonchev–Trinajstić information content (AvgIpc) is 3.42. The molecule has 9 aromatic rings. The van der Waals surface area contributed by atoms with Gasteiger partial charge in [0, 0.05) is 22.1 Å². The minimum atomic E-state index is -0.0272. The van der Waals surface area contributed by atoms with Gasteiger partial charge >= 0.3 is 0 Å². The number of nitrogens with zero attached hydrogens (tertiary/aromatic N) is 3. The van der Waals surface area contributed by atoms with Gasteiger partial charge in [-0.15, -0.1) is 0 Å². The molecule has 3 heteroatoms. The van der Waals surface area contributed by atoms with Crippen molar-refractivity contribution in [3.05, 3.63) is 175 Å². The van der Waals surface area contributed by atoms with Crippen molar-refractivity contribution in [2.24, 2.45) is 0 Å². The van der Waals surface area contributed by atoms with E-state index in [1.807, 2.05) is 0 Å². The summed E-state index contributed by atoms with van der Waals surface area (Å²) in [5.74, 6) is 1.97. The van der Waals surface area contributed by atoms with Gasteiger partial charge in [0.15, 0.2) is 17.5 Å². The van der Waals surface area contributed by atoms with Crippen LogP contribution in [0.15, 0.2) is 164 Å². The zero-order valence-electron chi connectivity index (χ0n) is 28.4. The highest BCUT2D eigenvalue weighted by Crippen LogP contribution is 2.50. The molecule has 0 saturated heterocycles. The Morgan fingerprint density at radius 2 is 0.824 bits per heavy atom. The highest BCUT2D eigenvalue weighted by atomic mass is 15.0. The Balaban J connectivity index is 1.16.